The Balaban J connectivity index is 1.53. The van der Waals surface area contributed by atoms with E-state index in [1.807, 2.05) is 22.9 Å². The minimum absolute atomic E-state index is 0.378. The average Bonchev–Trinajstić information content (AvgIpc) is 3.38. The van der Waals surface area contributed by atoms with Crippen molar-refractivity contribution in [3.8, 4) is 5.69 Å². The fourth-order valence-corrected chi connectivity index (χ4v) is 4.80. The molecule has 2 aliphatic heterocycles. The van der Waals surface area contributed by atoms with Gasteiger partial charge in [0.15, 0.2) is 0 Å². The van der Waals surface area contributed by atoms with Gasteiger partial charge in [-0.2, -0.15) is 16.9 Å². The highest BCUT2D eigenvalue weighted by Gasteiger charge is 2.28. The Morgan fingerprint density at radius 3 is 2.92 bits per heavy atom. The van der Waals surface area contributed by atoms with Gasteiger partial charge in [-0.3, -0.25) is 4.90 Å². The van der Waals surface area contributed by atoms with Gasteiger partial charge in [-0.05, 0) is 37.1 Å². The molecular formula is C18H24N4OS. The maximum atomic E-state index is 5.89. The molecule has 2 atom stereocenters. The van der Waals surface area contributed by atoms with Crippen LogP contribution in [0, 0.1) is 0 Å². The number of hydrogen-bond acceptors (Lipinski definition) is 5. The molecule has 6 heteroatoms. The van der Waals surface area contributed by atoms with Crippen LogP contribution in [-0.4, -0.2) is 56.5 Å². The van der Waals surface area contributed by atoms with Crippen molar-refractivity contribution in [2.45, 2.75) is 38.0 Å². The van der Waals surface area contributed by atoms with Crippen LogP contribution in [0.15, 0.2) is 36.7 Å². The normalized spacial score (nSPS) is 24.0. The van der Waals surface area contributed by atoms with Crippen LogP contribution >= 0.6 is 11.8 Å². The predicted molar refractivity (Wildman–Crippen MR) is 96.5 cm³/mol. The largest absolute Gasteiger partial charge is 0.377 e. The zero-order chi connectivity index (χ0) is 16.2. The third kappa shape index (κ3) is 3.66. The summed E-state index contributed by atoms with van der Waals surface area (Å²) >= 11 is 2.06. The molecule has 0 aliphatic carbocycles. The lowest BCUT2D eigenvalue weighted by atomic mass is 10.1. The van der Waals surface area contributed by atoms with Gasteiger partial charge in [-0.15, -0.1) is 0 Å². The van der Waals surface area contributed by atoms with Crippen molar-refractivity contribution in [1.82, 2.24) is 19.7 Å². The van der Waals surface area contributed by atoms with Crippen LogP contribution in [0.25, 0.3) is 5.69 Å². The zero-order valence-corrected chi connectivity index (χ0v) is 14.7. The van der Waals surface area contributed by atoms with Crippen molar-refractivity contribution in [2.24, 2.45) is 0 Å². The molecule has 2 aromatic rings. The van der Waals surface area contributed by atoms with Gasteiger partial charge in [0, 0.05) is 24.9 Å². The van der Waals surface area contributed by atoms with E-state index in [9.17, 15) is 0 Å². The Kier molecular flexibility index (Phi) is 5.16. The van der Waals surface area contributed by atoms with Crippen LogP contribution in [0.2, 0.25) is 0 Å². The Morgan fingerprint density at radius 1 is 1.25 bits per heavy atom. The number of thioether (sulfide) groups is 1. The molecule has 2 unspecified atom stereocenters. The average molecular weight is 344 g/mol. The van der Waals surface area contributed by atoms with Gasteiger partial charge in [-0.1, -0.05) is 18.2 Å². The van der Waals surface area contributed by atoms with E-state index < -0.39 is 0 Å². The van der Waals surface area contributed by atoms with Crippen LogP contribution in [-0.2, 0) is 11.3 Å². The topological polar surface area (TPSA) is 43.2 Å². The van der Waals surface area contributed by atoms with Gasteiger partial charge in [-0.25, -0.2) is 9.67 Å². The summed E-state index contributed by atoms with van der Waals surface area (Å²) in [5.41, 5.74) is 1.07. The zero-order valence-electron chi connectivity index (χ0n) is 13.9. The van der Waals surface area contributed by atoms with E-state index >= 15 is 0 Å². The van der Waals surface area contributed by atoms with Crippen molar-refractivity contribution in [2.75, 3.05) is 24.7 Å². The van der Waals surface area contributed by atoms with Gasteiger partial charge in [0.05, 0.1) is 18.3 Å². The highest BCUT2D eigenvalue weighted by Crippen LogP contribution is 2.26. The lowest BCUT2D eigenvalue weighted by Crippen LogP contribution is -2.40. The Morgan fingerprint density at radius 2 is 2.17 bits per heavy atom. The lowest BCUT2D eigenvalue weighted by molar-refractivity contribution is 0.0562. The second-order valence-corrected chi connectivity index (χ2v) is 7.66. The molecule has 0 bridgehead atoms. The van der Waals surface area contributed by atoms with Gasteiger partial charge in [0.2, 0.25) is 0 Å². The van der Waals surface area contributed by atoms with E-state index in [-0.39, 0.29) is 0 Å². The first kappa shape index (κ1) is 16.1. The van der Waals surface area contributed by atoms with Gasteiger partial charge in [0.1, 0.15) is 12.2 Å². The Bertz CT molecular complexity index is 635. The first-order chi connectivity index (χ1) is 11.9. The maximum absolute atomic E-state index is 5.89. The second-order valence-electron chi connectivity index (χ2n) is 6.51. The summed E-state index contributed by atoms with van der Waals surface area (Å²) in [5, 5.41) is 4.44. The molecule has 0 spiro atoms. The lowest BCUT2D eigenvalue weighted by Gasteiger charge is -2.30. The van der Waals surface area contributed by atoms with Gasteiger partial charge in [0.25, 0.3) is 0 Å². The smallest absolute Gasteiger partial charge is 0.146 e. The summed E-state index contributed by atoms with van der Waals surface area (Å²) in [6.07, 6.45) is 5.68. The maximum Gasteiger partial charge on any atom is 0.146 e. The second kappa shape index (κ2) is 7.68. The van der Waals surface area contributed by atoms with Gasteiger partial charge < -0.3 is 4.74 Å². The summed E-state index contributed by atoms with van der Waals surface area (Å²) in [7, 11) is 0. The molecule has 128 valence electrons. The van der Waals surface area contributed by atoms with Crippen molar-refractivity contribution >= 4 is 11.8 Å². The summed E-state index contributed by atoms with van der Waals surface area (Å²) in [6.45, 7) is 2.75. The molecule has 1 aromatic carbocycles. The molecule has 2 aliphatic rings. The van der Waals surface area contributed by atoms with Gasteiger partial charge >= 0.3 is 0 Å². The van der Waals surface area contributed by atoms with Crippen molar-refractivity contribution in [3.05, 3.63) is 42.5 Å². The Hall–Kier alpha value is -1.37. The highest BCUT2D eigenvalue weighted by molar-refractivity contribution is 7.99. The van der Waals surface area contributed by atoms with E-state index in [1.54, 1.807) is 6.33 Å². The number of ether oxygens (including phenoxy) is 1. The molecule has 2 fully saturated rings. The molecule has 0 amide bonds. The van der Waals surface area contributed by atoms with E-state index in [2.05, 4.69) is 38.9 Å². The third-order valence-corrected chi connectivity index (χ3v) is 5.99. The number of nitrogens with zero attached hydrogens (tertiary/aromatic N) is 4. The fourth-order valence-electron chi connectivity index (χ4n) is 3.54. The molecule has 3 heterocycles. The number of aromatic nitrogens is 3. The van der Waals surface area contributed by atoms with E-state index in [0.29, 0.717) is 12.1 Å². The SMILES string of the molecule is c1ccc(-n2ncnc2CN(CC2CCCO2)C2CCSC2)cc1. The Labute approximate surface area is 147 Å². The monoisotopic (exact) mass is 344 g/mol. The van der Waals surface area contributed by atoms with E-state index in [0.717, 1.165) is 31.2 Å². The molecule has 2 saturated heterocycles. The summed E-state index contributed by atoms with van der Waals surface area (Å²) in [6, 6.07) is 10.9. The minimum Gasteiger partial charge on any atom is -0.377 e. The van der Waals surface area contributed by atoms with Crippen molar-refractivity contribution < 1.29 is 4.74 Å². The van der Waals surface area contributed by atoms with Crippen molar-refractivity contribution in [3.63, 3.8) is 0 Å². The minimum atomic E-state index is 0.378. The van der Waals surface area contributed by atoms with Crippen LogP contribution in [0.4, 0.5) is 0 Å². The predicted octanol–water partition coefficient (Wildman–Crippen LogP) is 2.75. The summed E-state index contributed by atoms with van der Waals surface area (Å²) in [4.78, 5) is 7.11. The van der Waals surface area contributed by atoms with Crippen LogP contribution in [0.3, 0.4) is 0 Å². The number of rotatable bonds is 6. The molecule has 24 heavy (non-hydrogen) atoms. The standard InChI is InChI=1S/C18H24N4OS/c1-2-5-15(6-3-1)22-18(19-14-20-22)12-21(16-8-10-24-13-16)11-17-7-4-9-23-17/h1-3,5-6,14,16-17H,4,7-13H2. The molecule has 4 rings (SSSR count). The van der Waals surface area contributed by atoms with E-state index in [1.165, 1.54) is 30.8 Å². The number of hydrogen-bond donors (Lipinski definition) is 0. The van der Waals surface area contributed by atoms with Crippen LogP contribution in [0.5, 0.6) is 0 Å². The van der Waals surface area contributed by atoms with E-state index in [4.69, 9.17) is 4.74 Å². The first-order valence-corrected chi connectivity index (χ1v) is 9.93. The summed E-state index contributed by atoms with van der Waals surface area (Å²) in [5.74, 6) is 3.49. The summed E-state index contributed by atoms with van der Waals surface area (Å²) < 4.78 is 7.85. The first-order valence-electron chi connectivity index (χ1n) is 8.78. The van der Waals surface area contributed by atoms with Crippen LogP contribution in [0.1, 0.15) is 25.1 Å². The molecule has 1 aromatic heterocycles. The molecule has 0 radical (unpaired) electrons. The van der Waals surface area contributed by atoms with Crippen LogP contribution < -0.4 is 0 Å². The molecule has 5 nitrogen and oxygen atoms in total. The quantitative estimate of drug-likeness (QED) is 0.806. The number of benzene rings is 1. The molecular weight excluding hydrogens is 320 g/mol. The number of para-hydroxylation sites is 1. The highest BCUT2D eigenvalue weighted by atomic mass is 32.2. The van der Waals surface area contributed by atoms with Crippen molar-refractivity contribution in [1.29, 1.82) is 0 Å². The molecule has 0 saturated carbocycles. The third-order valence-electron chi connectivity index (χ3n) is 4.85. The molecule has 0 N–H and O–H groups in total. The fraction of sp³-hybridized carbons (Fsp3) is 0.556.